The minimum absolute atomic E-state index is 0.0232. The molecule has 2 unspecified atom stereocenters. The van der Waals surface area contributed by atoms with Crippen molar-refractivity contribution in [3.8, 4) is 22.6 Å². The predicted molar refractivity (Wildman–Crippen MR) is 132 cm³/mol. The van der Waals surface area contributed by atoms with Crippen molar-refractivity contribution in [1.82, 2.24) is 4.98 Å². The highest BCUT2D eigenvalue weighted by molar-refractivity contribution is 6.32. The molecule has 0 aliphatic heterocycles. The maximum atomic E-state index is 13.9. The van der Waals surface area contributed by atoms with E-state index >= 15 is 0 Å². The second-order valence-electron chi connectivity index (χ2n) is 10.7. The number of hydrogen-bond donors (Lipinski definition) is 3. The van der Waals surface area contributed by atoms with Crippen LogP contribution in [0.2, 0.25) is 0 Å². The Balaban J connectivity index is 1.66. The van der Waals surface area contributed by atoms with Gasteiger partial charge < -0.3 is 20.7 Å². The largest absolute Gasteiger partial charge is 0.507 e. The van der Waals surface area contributed by atoms with Crippen LogP contribution in [-0.2, 0) is 25.6 Å². The summed E-state index contributed by atoms with van der Waals surface area (Å²) in [6, 6.07) is 4.73. The molecule has 1 amide bonds. The Hall–Kier alpha value is -3.92. The molecule has 10 nitrogen and oxygen atoms in total. The molecule has 1 aromatic heterocycles. The number of hydrogen-bond acceptors (Lipinski definition) is 9. The normalized spacial score (nSPS) is 30.5. The lowest BCUT2D eigenvalue weighted by atomic mass is 9.49. The van der Waals surface area contributed by atoms with Crippen molar-refractivity contribution in [2.45, 2.75) is 32.3 Å². The molecule has 2 aromatic rings. The third kappa shape index (κ3) is 3.43. The van der Waals surface area contributed by atoms with Crippen molar-refractivity contribution in [3.05, 3.63) is 41.7 Å². The van der Waals surface area contributed by atoms with Gasteiger partial charge in [0.1, 0.15) is 11.5 Å². The third-order valence-electron chi connectivity index (χ3n) is 8.46. The van der Waals surface area contributed by atoms with E-state index in [4.69, 9.17) is 10.5 Å². The first-order valence-electron chi connectivity index (χ1n) is 12.5. The van der Waals surface area contributed by atoms with Gasteiger partial charge in [0, 0.05) is 23.6 Å². The molecule has 3 aliphatic carbocycles. The number of aliphatic hydroxyl groups is 1. The highest BCUT2D eigenvalue weighted by atomic mass is 16.5. The Labute approximate surface area is 218 Å². The molecule has 10 heteroatoms. The minimum atomic E-state index is -2.71. The Kier molecular flexibility index (Phi) is 5.98. The molecule has 0 saturated heterocycles. The summed E-state index contributed by atoms with van der Waals surface area (Å²) < 4.78 is 5.27. The lowest BCUT2D eigenvalue weighted by Crippen LogP contribution is -2.71. The summed E-state index contributed by atoms with van der Waals surface area (Å²) >= 11 is 0. The van der Waals surface area contributed by atoms with E-state index in [1.807, 2.05) is 0 Å². The Bertz CT molecular complexity index is 1420. The number of methoxy groups -OCH3 is 1. The number of pyridine rings is 1. The molecule has 0 radical (unpaired) electrons. The highest BCUT2D eigenvalue weighted by Gasteiger charge is 2.69. The molecule has 3 aliphatic rings. The van der Waals surface area contributed by atoms with Gasteiger partial charge in [0.15, 0.2) is 34.7 Å². The first kappa shape index (κ1) is 25.7. The van der Waals surface area contributed by atoms with E-state index in [-0.39, 0.29) is 24.2 Å². The lowest BCUT2D eigenvalue weighted by Gasteiger charge is -2.52. The third-order valence-corrected chi connectivity index (χ3v) is 8.46. The average molecular weight is 521 g/mol. The Morgan fingerprint density at radius 1 is 1.16 bits per heavy atom. The van der Waals surface area contributed by atoms with Crippen molar-refractivity contribution < 1.29 is 38.9 Å². The number of ether oxygens (including phenoxy) is 1. The monoisotopic (exact) mass is 520 g/mol. The quantitative estimate of drug-likeness (QED) is 0.502. The van der Waals surface area contributed by atoms with Crippen molar-refractivity contribution in [1.29, 1.82) is 0 Å². The van der Waals surface area contributed by atoms with Gasteiger partial charge in [-0.1, -0.05) is 19.9 Å². The molecule has 2 saturated carbocycles. The van der Waals surface area contributed by atoms with Gasteiger partial charge >= 0.3 is 0 Å². The van der Waals surface area contributed by atoms with Gasteiger partial charge in [0.05, 0.1) is 24.8 Å². The van der Waals surface area contributed by atoms with Crippen LogP contribution in [0.5, 0.6) is 11.5 Å². The number of fused-ring (bicyclic) bond motifs is 3. The molecule has 198 valence electrons. The number of ketones is 4. The van der Waals surface area contributed by atoms with Gasteiger partial charge in [-0.25, -0.2) is 0 Å². The Morgan fingerprint density at radius 2 is 1.87 bits per heavy atom. The number of aromatic nitrogens is 1. The number of benzene rings is 1. The maximum Gasteiger partial charge on any atom is 0.235 e. The summed E-state index contributed by atoms with van der Waals surface area (Å²) in [4.78, 5) is 70.5. The second-order valence-corrected chi connectivity index (χ2v) is 10.7. The van der Waals surface area contributed by atoms with Gasteiger partial charge in [0.25, 0.3) is 0 Å². The number of nitrogens with zero attached hydrogens (tertiary/aromatic N) is 1. The number of amides is 1. The molecule has 4 N–H and O–H groups in total. The van der Waals surface area contributed by atoms with E-state index in [1.165, 1.54) is 19.4 Å². The van der Waals surface area contributed by atoms with Crippen LogP contribution in [0.1, 0.15) is 36.2 Å². The molecule has 1 aromatic carbocycles. The van der Waals surface area contributed by atoms with Crippen molar-refractivity contribution in [2.24, 2.45) is 41.2 Å². The van der Waals surface area contributed by atoms with Crippen LogP contribution in [0.4, 0.5) is 0 Å². The summed E-state index contributed by atoms with van der Waals surface area (Å²) in [5.74, 6) is -11.3. The van der Waals surface area contributed by atoms with Crippen LogP contribution in [-0.4, -0.2) is 56.9 Å². The SMILES string of the molecule is COc1cncc(-c2ccc(O)c3c2C[C@H]2C[C@H]4[C@H](C(C)C)C(=O)C(C(N)=O)C(=O)[C@@]4(O)C(=O)C2C3=O)c1. The minimum Gasteiger partial charge on any atom is -0.507 e. The fourth-order valence-corrected chi connectivity index (χ4v) is 6.80. The molecule has 2 fully saturated rings. The van der Waals surface area contributed by atoms with E-state index in [0.717, 1.165) is 0 Å². The molecule has 5 rings (SSSR count). The second kappa shape index (κ2) is 8.83. The molecule has 0 bridgehead atoms. The molecule has 38 heavy (non-hydrogen) atoms. The molecular formula is C28H28N2O8. The predicted octanol–water partition coefficient (Wildman–Crippen LogP) is 1.28. The summed E-state index contributed by atoms with van der Waals surface area (Å²) in [6.07, 6.45) is 3.32. The smallest absolute Gasteiger partial charge is 0.235 e. The molecular weight excluding hydrogens is 492 g/mol. The molecule has 1 heterocycles. The zero-order chi connectivity index (χ0) is 27.7. The zero-order valence-electron chi connectivity index (χ0n) is 21.1. The molecule has 0 spiro atoms. The number of rotatable bonds is 4. The van der Waals surface area contributed by atoms with Crippen LogP contribution in [0, 0.1) is 35.5 Å². The standard InChI is InChI=1S/C28H28N2O8/c1-11(2)19-17-8-12-7-16-15(13-6-14(38-3)10-30-9-13)4-5-18(31)21(16)24(33)20(12)25(34)28(17,37)26(35)22(23(19)32)27(29)36/h4-6,9-12,17,19-20,22,31,37H,7-8H2,1-3H3,(H2,29,36)/t12-,17-,19-,20?,22?,28-/m0/s1. The van der Waals surface area contributed by atoms with E-state index in [0.29, 0.717) is 22.4 Å². The number of phenolic OH excluding ortho intramolecular Hbond substituents is 1. The fourth-order valence-electron chi connectivity index (χ4n) is 6.80. The Morgan fingerprint density at radius 3 is 2.50 bits per heavy atom. The fraction of sp³-hybridized carbons (Fsp3) is 0.429. The number of carbonyl (C=O) groups excluding carboxylic acids is 5. The zero-order valence-corrected chi connectivity index (χ0v) is 21.1. The number of phenols is 1. The van der Waals surface area contributed by atoms with E-state index in [2.05, 4.69) is 4.98 Å². The topological polar surface area (TPSA) is 174 Å². The van der Waals surface area contributed by atoms with Crippen LogP contribution in [0.25, 0.3) is 11.1 Å². The number of primary amides is 1. The molecule has 6 atom stereocenters. The first-order chi connectivity index (χ1) is 17.9. The van der Waals surface area contributed by atoms with Crippen LogP contribution in [0.3, 0.4) is 0 Å². The van der Waals surface area contributed by atoms with Gasteiger partial charge in [-0.15, -0.1) is 0 Å². The van der Waals surface area contributed by atoms with E-state index < -0.39 is 70.1 Å². The van der Waals surface area contributed by atoms with E-state index in [9.17, 15) is 34.2 Å². The first-order valence-corrected chi connectivity index (χ1v) is 12.5. The highest BCUT2D eigenvalue weighted by Crippen LogP contribution is 2.53. The van der Waals surface area contributed by atoms with Crippen LogP contribution < -0.4 is 10.5 Å². The van der Waals surface area contributed by atoms with Gasteiger partial charge in [-0.05, 0) is 47.9 Å². The van der Waals surface area contributed by atoms with Crippen molar-refractivity contribution in [3.63, 3.8) is 0 Å². The lowest BCUT2D eigenvalue weighted by molar-refractivity contribution is -0.182. The number of carbonyl (C=O) groups is 5. The maximum absolute atomic E-state index is 13.9. The summed E-state index contributed by atoms with van der Waals surface area (Å²) in [7, 11) is 1.50. The number of Topliss-reactive ketones (excluding diaryl/α,β-unsaturated/α-hetero) is 4. The summed E-state index contributed by atoms with van der Waals surface area (Å²) in [5.41, 5.74) is 4.35. The average Bonchev–Trinajstić information content (AvgIpc) is 2.86. The van der Waals surface area contributed by atoms with Crippen LogP contribution >= 0.6 is 0 Å². The van der Waals surface area contributed by atoms with Crippen LogP contribution in [0.15, 0.2) is 30.6 Å². The van der Waals surface area contributed by atoms with Gasteiger partial charge in [0.2, 0.25) is 5.91 Å². The van der Waals surface area contributed by atoms with Gasteiger partial charge in [-0.2, -0.15) is 0 Å². The summed E-state index contributed by atoms with van der Waals surface area (Å²) in [5, 5.41) is 22.3. The van der Waals surface area contributed by atoms with E-state index in [1.54, 1.807) is 32.2 Å². The van der Waals surface area contributed by atoms with Crippen molar-refractivity contribution >= 4 is 29.0 Å². The summed E-state index contributed by atoms with van der Waals surface area (Å²) in [6.45, 7) is 3.42. The number of nitrogens with two attached hydrogens (primary N) is 1. The number of aromatic hydroxyl groups is 1. The van der Waals surface area contributed by atoms with Crippen molar-refractivity contribution in [2.75, 3.05) is 7.11 Å². The van der Waals surface area contributed by atoms with Gasteiger partial charge in [-0.3, -0.25) is 29.0 Å².